The highest BCUT2D eigenvalue weighted by Gasteiger charge is 2.34. The Balaban J connectivity index is 1.93. The van der Waals surface area contributed by atoms with E-state index in [2.05, 4.69) is 4.98 Å². The number of hydrogen-bond acceptors (Lipinski definition) is 3. The third kappa shape index (κ3) is 2.23. The highest BCUT2D eigenvalue weighted by Crippen LogP contribution is 2.38. The molecular formula is C23H12FNO2. The number of hydrogen-bond donors (Lipinski definition) is 0. The number of benzene rings is 3. The maximum atomic E-state index is 13.5. The minimum Gasteiger partial charge on any atom is -0.288 e. The zero-order chi connectivity index (χ0) is 18.5. The van der Waals surface area contributed by atoms with Crippen molar-refractivity contribution in [3.8, 4) is 11.1 Å². The summed E-state index contributed by atoms with van der Waals surface area (Å²) in [5.41, 5.74) is 3.07. The van der Waals surface area contributed by atoms with Crippen molar-refractivity contribution < 1.29 is 14.0 Å². The lowest BCUT2D eigenvalue weighted by molar-refractivity contribution is 0.0976. The average Bonchev–Trinajstić information content (AvgIpc) is 2.71. The Morgan fingerprint density at radius 3 is 2.04 bits per heavy atom. The number of aromatic nitrogens is 1. The van der Waals surface area contributed by atoms with E-state index in [9.17, 15) is 14.0 Å². The van der Waals surface area contributed by atoms with Crippen molar-refractivity contribution in [2.75, 3.05) is 0 Å². The lowest BCUT2D eigenvalue weighted by atomic mass is 9.82. The first kappa shape index (κ1) is 15.6. The fourth-order valence-corrected chi connectivity index (χ4v) is 3.66. The molecule has 0 fully saturated rings. The van der Waals surface area contributed by atoms with Crippen LogP contribution in [-0.4, -0.2) is 16.6 Å². The second-order valence-electron chi connectivity index (χ2n) is 6.44. The second-order valence-corrected chi connectivity index (χ2v) is 6.44. The Morgan fingerprint density at radius 2 is 1.30 bits per heavy atom. The number of carbonyl (C=O) groups is 2. The van der Waals surface area contributed by atoms with Crippen LogP contribution in [0.4, 0.5) is 4.39 Å². The van der Waals surface area contributed by atoms with Crippen LogP contribution in [0.1, 0.15) is 32.0 Å². The zero-order valence-corrected chi connectivity index (χ0v) is 14.1. The largest absolute Gasteiger partial charge is 0.288 e. The molecule has 1 aliphatic carbocycles. The average molecular weight is 353 g/mol. The number of halogens is 1. The van der Waals surface area contributed by atoms with E-state index in [0.29, 0.717) is 27.8 Å². The van der Waals surface area contributed by atoms with E-state index in [1.54, 1.807) is 42.5 Å². The summed E-state index contributed by atoms with van der Waals surface area (Å²) < 4.78 is 13.5. The number of carbonyl (C=O) groups excluding carboxylic acids is 2. The van der Waals surface area contributed by atoms with E-state index in [4.69, 9.17) is 0 Å². The van der Waals surface area contributed by atoms with Crippen molar-refractivity contribution in [2.45, 2.75) is 0 Å². The molecule has 0 amide bonds. The molecule has 27 heavy (non-hydrogen) atoms. The standard InChI is InChI=1S/C23H12FNO2/c24-14-11-9-13(10-12-14)19-17-7-3-4-8-18(17)25-21-20(19)22(26)15-5-1-2-6-16(15)23(21)27/h1-12H. The van der Waals surface area contributed by atoms with Crippen molar-refractivity contribution >= 4 is 22.5 Å². The van der Waals surface area contributed by atoms with E-state index in [-0.39, 0.29) is 28.6 Å². The Kier molecular flexibility index (Phi) is 3.28. The van der Waals surface area contributed by atoms with Crippen LogP contribution in [0.3, 0.4) is 0 Å². The summed E-state index contributed by atoms with van der Waals surface area (Å²) >= 11 is 0. The fourth-order valence-electron chi connectivity index (χ4n) is 3.66. The van der Waals surface area contributed by atoms with Crippen LogP contribution in [0.2, 0.25) is 0 Å². The molecule has 0 N–H and O–H groups in total. The van der Waals surface area contributed by atoms with Gasteiger partial charge in [0, 0.05) is 22.1 Å². The Hall–Kier alpha value is -3.66. The van der Waals surface area contributed by atoms with Gasteiger partial charge in [-0.25, -0.2) is 9.37 Å². The van der Waals surface area contributed by atoms with E-state index in [0.717, 1.165) is 5.39 Å². The van der Waals surface area contributed by atoms with Gasteiger partial charge in [-0.15, -0.1) is 0 Å². The van der Waals surface area contributed by atoms with Gasteiger partial charge in [-0.1, -0.05) is 54.6 Å². The van der Waals surface area contributed by atoms with Gasteiger partial charge in [0.2, 0.25) is 5.78 Å². The van der Waals surface area contributed by atoms with E-state index < -0.39 is 0 Å². The van der Waals surface area contributed by atoms with Crippen molar-refractivity contribution in [1.82, 2.24) is 4.98 Å². The summed E-state index contributed by atoms with van der Waals surface area (Å²) in [6.45, 7) is 0. The van der Waals surface area contributed by atoms with Gasteiger partial charge in [0.25, 0.3) is 0 Å². The highest BCUT2D eigenvalue weighted by molar-refractivity contribution is 6.31. The van der Waals surface area contributed by atoms with E-state index in [1.165, 1.54) is 12.1 Å². The summed E-state index contributed by atoms with van der Waals surface area (Å²) in [4.78, 5) is 30.9. The fraction of sp³-hybridized carbons (Fsp3) is 0. The molecule has 0 radical (unpaired) electrons. The predicted octanol–water partition coefficient (Wildman–Crippen LogP) is 4.82. The topological polar surface area (TPSA) is 47.0 Å². The van der Waals surface area contributed by atoms with Crippen molar-refractivity contribution in [3.05, 3.63) is 101 Å². The van der Waals surface area contributed by atoms with Crippen LogP contribution in [-0.2, 0) is 0 Å². The van der Waals surface area contributed by atoms with Crippen LogP contribution in [0.15, 0.2) is 72.8 Å². The van der Waals surface area contributed by atoms with Gasteiger partial charge in [-0.3, -0.25) is 9.59 Å². The lowest BCUT2D eigenvalue weighted by Crippen LogP contribution is -2.23. The van der Waals surface area contributed by atoms with Gasteiger partial charge in [0.05, 0.1) is 11.1 Å². The van der Waals surface area contributed by atoms with E-state index >= 15 is 0 Å². The molecule has 3 nitrogen and oxygen atoms in total. The Bertz CT molecular complexity index is 1260. The Morgan fingerprint density at radius 1 is 0.667 bits per heavy atom. The molecule has 0 saturated carbocycles. The van der Waals surface area contributed by atoms with Crippen LogP contribution in [0, 0.1) is 5.82 Å². The van der Waals surface area contributed by atoms with Crippen LogP contribution >= 0.6 is 0 Å². The Labute approximate surface area is 154 Å². The predicted molar refractivity (Wildman–Crippen MR) is 100 cm³/mol. The van der Waals surface area contributed by atoms with Crippen LogP contribution < -0.4 is 0 Å². The molecule has 5 rings (SSSR count). The third-order valence-electron chi connectivity index (χ3n) is 4.88. The van der Waals surface area contributed by atoms with Gasteiger partial charge in [-0.2, -0.15) is 0 Å². The normalized spacial score (nSPS) is 12.8. The number of rotatable bonds is 1. The number of fused-ring (bicyclic) bond motifs is 3. The molecule has 0 saturated heterocycles. The monoisotopic (exact) mass is 353 g/mol. The summed E-state index contributed by atoms with van der Waals surface area (Å²) in [6.07, 6.45) is 0. The number of nitrogens with zero attached hydrogens (tertiary/aromatic N) is 1. The molecule has 1 heterocycles. The summed E-state index contributed by atoms with van der Waals surface area (Å²) in [6, 6.07) is 20.1. The maximum absolute atomic E-state index is 13.5. The first-order valence-electron chi connectivity index (χ1n) is 8.52. The molecule has 1 aliphatic rings. The molecule has 0 bridgehead atoms. The molecule has 4 heteroatoms. The minimum atomic E-state index is -0.362. The van der Waals surface area contributed by atoms with Gasteiger partial charge in [0.15, 0.2) is 5.78 Å². The molecule has 0 unspecified atom stereocenters. The summed E-state index contributed by atoms with van der Waals surface area (Å²) in [5.74, 6) is -0.870. The van der Waals surface area contributed by atoms with Gasteiger partial charge >= 0.3 is 0 Å². The number of ketones is 2. The zero-order valence-electron chi connectivity index (χ0n) is 14.1. The molecule has 0 atom stereocenters. The maximum Gasteiger partial charge on any atom is 0.212 e. The third-order valence-corrected chi connectivity index (χ3v) is 4.88. The first-order valence-corrected chi connectivity index (χ1v) is 8.52. The van der Waals surface area contributed by atoms with Crippen LogP contribution in [0.5, 0.6) is 0 Å². The second kappa shape index (κ2) is 5.68. The molecule has 1 aromatic heterocycles. The smallest absolute Gasteiger partial charge is 0.212 e. The van der Waals surface area contributed by atoms with Crippen molar-refractivity contribution in [1.29, 1.82) is 0 Å². The molecular weight excluding hydrogens is 341 g/mol. The molecule has 3 aromatic carbocycles. The lowest BCUT2D eigenvalue weighted by Gasteiger charge is -2.21. The molecule has 128 valence electrons. The minimum absolute atomic E-state index is 0.150. The summed E-state index contributed by atoms with van der Waals surface area (Å²) in [7, 11) is 0. The van der Waals surface area contributed by atoms with Crippen molar-refractivity contribution in [3.63, 3.8) is 0 Å². The SMILES string of the molecule is O=C1c2ccccc2C(=O)c2c1nc1ccccc1c2-c1ccc(F)cc1. The number of pyridine rings is 1. The van der Waals surface area contributed by atoms with Crippen LogP contribution in [0.25, 0.3) is 22.0 Å². The van der Waals surface area contributed by atoms with E-state index in [1.807, 2.05) is 18.2 Å². The van der Waals surface area contributed by atoms with Gasteiger partial charge in [-0.05, 0) is 23.8 Å². The quantitative estimate of drug-likeness (QED) is 0.434. The first-order chi connectivity index (χ1) is 13.1. The highest BCUT2D eigenvalue weighted by atomic mass is 19.1. The summed E-state index contributed by atoms with van der Waals surface area (Å²) in [5, 5.41) is 0.753. The van der Waals surface area contributed by atoms with Gasteiger partial charge < -0.3 is 0 Å². The molecule has 4 aromatic rings. The van der Waals surface area contributed by atoms with Crippen molar-refractivity contribution in [2.24, 2.45) is 0 Å². The van der Waals surface area contributed by atoms with Gasteiger partial charge in [0.1, 0.15) is 11.5 Å². The molecule has 0 spiro atoms. The number of para-hydroxylation sites is 1. The molecule has 0 aliphatic heterocycles.